The zero-order valence-corrected chi connectivity index (χ0v) is 15.1. The number of aromatic nitrogens is 3. The fourth-order valence-corrected chi connectivity index (χ4v) is 4.02. The molecular formula is C17H14BrN3O2S. The Morgan fingerprint density at radius 3 is 2.62 bits per heavy atom. The van der Waals surface area contributed by atoms with E-state index in [0.717, 1.165) is 38.1 Å². The van der Waals surface area contributed by atoms with Crippen molar-refractivity contribution in [2.75, 3.05) is 13.2 Å². The third-order valence-corrected chi connectivity index (χ3v) is 5.35. The Morgan fingerprint density at radius 2 is 1.83 bits per heavy atom. The van der Waals surface area contributed by atoms with E-state index in [2.05, 4.69) is 26.1 Å². The number of benzene rings is 2. The van der Waals surface area contributed by atoms with Crippen LogP contribution in [0.1, 0.15) is 5.56 Å². The maximum Gasteiger partial charge on any atom is 0.195 e. The van der Waals surface area contributed by atoms with Crippen molar-refractivity contribution in [2.24, 2.45) is 0 Å². The highest BCUT2D eigenvalue weighted by Crippen LogP contribution is 2.37. The predicted octanol–water partition coefficient (Wildman–Crippen LogP) is 4.09. The van der Waals surface area contributed by atoms with Gasteiger partial charge in [-0.1, -0.05) is 45.9 Å². The van der Waals surface area contributed by atoms with Gasteiger partial charge < -0.3 is 9.47 Å². The molecule has 1 aliphatic rings. The van der Waals surface area contributed by atoms with Crippen LogP contribution in [0, 0.1) is 0 Å². The van der Waals surface area contributed by atoms with Crippen LogP contribution in [-0.2, 0) is 5.75 Å². The van der Waals surface area contributed by atoms with Gasteiger partial charge >= 0.3 is 0 Å². The first-order valence-electron chi connectivity index (χ1n) is 7.47. The topological polar surface area (TPSA) is 49.2 Å². The van der Waals surface area contributed by atoms with Gasteiger partial charge in [0.2, 0.25) is 0 Å². The molecule has 0 spiro atoms. The molecule has 1 aliphatic heterocycles. The summed E-state index contributed by atoms with van der Waals surface area (Å²) >= 11 is 5.24. The third-order valence-electron chi connectivity index (χ3n) is 3.62. The second kappa shape index (κ2) is 6.86. The zero-order valence-electron chi connectivity index (χ0n) is 12.7. The number of fused-ring (bicyclic) bond motifs is 1. The molecule has 0 saturated heterocycles. The van der Waals surface area contributed by atoms with E-state index >= 15 is 0 Å². The van der Waals surface area contributed by atoms with Gasteiger partial charge in [0, 0.05) is 15.9 Å². The molecule has 0 N–H and O–H groups in total. The van der Waals surface area contributed by atoms with E-state index in [4.69, 9.17) is 9.47 Å². The summed E-state index contributed by atoms with van der Waals surface area (Å²) < 4.78 is 14.2. The van der Waals surface area contributed by atoms with E-state index in [-0.39, 0.29) is 0 Å². The fraction of sp³-hybridized carbons (Fsp3) is 0.176. The second-order valence-corrected chi connectivity index (χ2v) is 6.99. The van der Waals surface area contributed by atoms with Crippen LogP contribution in [0.25, 0.3) is 5.69 Å². The number of rotatable bonds is 4. The molecule has 0 saturated carbocycles. The summed E-state index contributed by atoms with van der Waals surface area (Å²) in [7, 11) is 0. The van der Waals surface area contributed by atoms with Gasteiger partial charge in [0.1, 0.15) is 19.5 Å². The summed E-state index contributed by atoms with van der Waals surface area (Å²) in [5.41, 5.74) is 2.18. The maximum atomic E-state index is 5.66. The van der Waals surface area contributed by atoms with Gasteiger partial charge in [-0.05, 0) is 29.8 Å². The van der Waals surface area contributed by atoms with E-state index in [9.17, 15) is 0 Å². The van der Waals surface area contributed by atoms with E-state index < -0.39 is 0 Å². The molecule has 0 fully saturated rings. The van der Waals surface area contributed by atoms with Crippen molar-refractivity contribution in [1.29, 1.82) is 0 Å². The summed E-state index contributed by atoms with van der Waals surface area (Å²) in [4.78, 5) is 0. The average molecular weight is 404 g/mol. The predicted molar refractivity (Wildman–Crippen MR) is 96.1 cm³/mol. The first-order valence-corrected chi connectivity index (χ1v) is 9.25. The van der Waals surface area contributed by atoms with Crippen LogP contribution in [0.15, 0.2) is 58.4 Å². The molecule has 0 bridgehead atoms. The van der Waals surface area contributed by atoms with E-state index in [1.165, 1.54) is 0 Å². The summed E-state index contributed by atoms with van der Waals surface area (Å²) in [6.07, 6.45) is 1.73. The van der Waals surface area contributed by atoms with Crippen molar-refractivity contribution < 1.29 is 9.47 Å². The van der Waals surface area contributed by atoms with Gasteiger partial charge in [-0.25, -0.2) is 0 Å². The van der Waals surface area contributed by atoms with Crippen molar-refractivity contribution in [3.63, 3.8) is 0 Å². The van der Waals surface area contributed by atoms with Crippen molar-refractivity contribution in [3.8, 4) is 17.2 Å². The molecule has 0 aliphatic carbocycles. The minimum absolute atomic E-state index is 0.587. The number of thioether (sulfide) groups is 1. The highest BCUT2D eigenvalue weighted by atomic mass is 79.9. The minimum atomic E-state index is 0.587. The van der Waals surface area contributed by atoms with Gasteiger partial charge in [0.05, 0.1) is 0 Å². The molecule has 7 heteroatoms. The highest BCUT2D eigenvalue weighted by molar-refractivity contribution is 9.10. The number of para-hydroxylation sites is 1. The monoisotopic (exact) mass is 403 g/mol. The number of hydrogen-bond acceptors (Lipinski definition) is 5. The number of hydrogen-bond donors (Lipinski definition) is 0. The Bertz CT molecular complexity index is 854. The van der Waals surface area contributed by atoms with Crippen LogP contribution in [-0.4, -0.2) is 28.0 Å². The molecule has 0 unspecified atom stereocenters. The highest BCUT2D eigenvalue weighted by Gasteiger charge is 2.16. The molecular weight excluding hydrogens is 390 g/mol. The Hall–Kier alpha value is -1.99. The molecule has 122 valence electrons. The first kappa shape index (κ1) is 15.5. The Labute approximate surface area is 152 Å². The van der Waals surface area contributed by atoms with Gasteiger partial charge in [-0.15, -0.1) is 10.2 Å². The lowest BCUT2D eigenvalue weighted by molar-refractivity contribution is 0.171. The third kappa shape index (κ3) is 3.14. The van der Waals surface area contributed by atoms with Gasteiger partial charge in [-0.2, -0.15) is 0 Å². The number of ether oxygens (including phenoxy) is 2. The van der Waals surface area contributed by atoms with Crippen LogP contribution in [0.5, 0.6) is 11.5 Å². The lowest BCUT2D eigenvalue weighted by atomic mass is 10.2. The van der Waals surface area contributed by atoms with Crippen LogP contribution >= 0.6 is 27.7 Å². The standard InChI is InChI=1S/C17H14BrN3O2S/c18-14-9-16-15(22-6-7-23-16)8-12(14)10-24-17-20-19-11-21(17)13-4-2-1-3-5-13/h1-5,8-9,11H,6-7,10H2. The Morgan fingerprint density at radius 1 is 1.08 bits per heavy atom. The summed E-state index contributed by atoms with van der Waals surface area (Å²) in [5.74, 6) is 2.34. The number of nitrogens with zero attached hydrogens (tertiary/aromatic N) is 3. The van der Waals surface area contributed by atoms with Crippen LogP contribution in [0.2, 0.25) is 0 Å². The first-order chi connectivity index (χ1) is 11.8. The van der Waals surface area contributed by atoms with Gasteiger partial charge in [0.25, 0.3) is 0 Å². The van der Waals surface area contributed by atoms with Crippen molar-refractivity contribution in [1.82, 2.24) is 14.8 Å². The largest absolute Gasteiger partial charge is 0.486 e. The molecule has 0 amide bonds. The lowest BCUT2D eigenvalue weighted by Gasteiger charge is -2.19. The van der Waals surface area contributed by atoms with Crippen LogP contribution in [0.3, 0.4) is 0 Å². The normalized spacial score (nSPS) is 13.0. The van der Waals surface area contributed by atoms with Gasteiger partial charge in [0.15, 0.2) is 16.7 Å². The van der Waals surface area contributed by atoms with Crippen LogP contribution < -0.4 is 9.47 Å². The quantitative estimate of drug-likeness (QED) is 0.613. The SMILES string of the molecule is Brc1cc2c(cc1CSc1nncn1-c1ccccc1)OCCO2. The van der Waals surface area contributed by atoms with E-state index in [1.807, 2.05) is 47.0 Å². The Kier molecular flexibility index (Phi) is 4.44. The smallest absolute Gasteiger partial charge is 0.195 e. The maximum absolute atomic E-state index is 5.66. The van der Waals surface area contributed by atoms with Crippen molar-refractivity contribution >= 4 is 27.7 Å². The summed E-state index contributed by atoms with van der Waals surface area (Å²) in [6.45, 7) is 1.18. The lowest BCUT2D eigenvalue weighted by Crippen LogP contribution is -2.15. The zero-order chi connectivity index (χ0) is 16.4. The minimum Gasteiger partial charge on any atom is -0.486 e. The van der Waals surface area contributed by atoms with Crippen molar-refractivity contribution in [2.45, 2.75) is 10.9 Å². The second-order valence-electron chi connectivity index (χ2n) is 5.20. The average Bonchev–Trinajstić information content (AvgIpc) is 3.09. The molecule has 3 aromatic rings. The van der Waals surface area contributed by atoms with Crippen LogP contribution in [0.4, 0.5) is 0 Å². The fourth-order valence-electron chi connectivity index (χ4n) is 2.45. The summed E-state index contributed by atoms with van der Waals surface area (Å²) in [6, 6.07) is 14.1. The number of halogens is 1. The molecule has 2 heterocycles. The molecule has 24 heavy (non-hydrogen) atoms. The molecule has 4 rings (SSSR count). The molecule has 0 atom stereocenters. The molecule has 0 radical (unpaired) electrons. The van der Waals surface area contributed by atoms with E-state index in [0.29, 0.717) is 13.2 Å². The molecule has 2 aromatic carbocycles. The van der Waals surface area contributed by atoms with Crippen molar-refractivity contribution in [3.05, 3.63) is 58.8 Å². The molecule has 1 aromatic heterocycles. The van der Waals surface area contributed by atoms with E-state index in [1.54, 1.807) is 18.1 Å². The Balaban J connectivity index is 1.55. The van der Waals surface area contributed by atoms with Gasteiger partial charge in [-0.3, -0.25) is 4.57 Å². The molecule has 5 nitrogen and oxygen atoms in total. The summed E-state index contributed by atoms with van der Waals surface area (Å²) in [5, 5.41) is 9.12.